The summed E-state index contributed by atoms with van der Waals surface area (Å²) in [6.45, 7) is 2.77. The van der Waals surface area contributed by atoms with Gasteiger partial charge in [-0.05, 0) is 31.5 Å². The highest BCUT2D eigenvalue weighted by atomic mass is 35.5. The number of rotatable bonds is 1. The molecule has 2 aliphatic rings. The Morgan fingerprint density at radius 2 is 2.18 bits per heavy atom. The van der Waals surface area contributed by atoms with Crippen LogP contribution in [-0.4, -0.2) is 17.4 Å². The van der Waals surface area contributed by atoms with Crippen molar-refractivity contribution in [1.29, 1.82) is 0 Å². The summed E-state index contributed by atoms with van der Waals surface area (Å²) in [6.07, 6.45) is 3.24. The molecule has 0 N–H and O–H groups in total. The van der Waals surface area contributed by atoms with Crippen LogP contribution in [0.1, 0.15) is 31.4 Å². The molecule has 1 saturated heterocycles. The number of halogens is 1. The van der Waals surface area contributed by atoms with E-state index in [0.29, 0.717) is 11.6 Å². The van der Waals surface area contributed by atoms with Crippen molar-refractivity contribution in [3.05, 3.63) is 41.2 Å². The molecule has 5 heteroatoms. The van der Waals surface area contributed by atoms with Crippen LogP contribution in [0.3, 0.4) is 0 Å². The van der Waals surface area contributed by atoms with Gasteiger partial charge in [-0.25, -0.2) is 4.98 Å². The Labute approximate surface area is 133 Å². The van der Waals surface area contributed by atoms with Crippen molar-refractivity contribution < 1.29 is 9.53 Å². The maximum absolute atomic E-state index is 11.9. The normalized spacial score (nSPS) is 19.6. The predicted octanol–water partition coefficient (Wildman–Crippen LogP) is 3.98. The van der Waals surface area contributed by atoms with Crippen LogP contribution < -0.4 is 9.64 Å². The Hall–Kier alpha value is -2.07. The molecule has 0 radical (unpaired) electrons. The van der Waals surface area contributed by atoms with Crippen LogP contribution in [-0.2, 0) is 4.79 Å². The zero-order chi connectivity index (χ0) is 15.3. The summed E-state index contributed by atoms with van der Waals surface area (Å²) in [5.41, 5.74) is 3.97. The van der Waals surface area contributed by atoms with E-state index < -0.39 is 0 Å². The van der Waals surface area contributed by atoms with Crippen LogP contribution in [0.2, 0.25) is 5.15 Å². The van der Waals surface area contributed by atoms with Gasteiger partial charge in [-0.2, -0.15) is 0 Å². The lowest BCUT2D eigenvalue weighted by Gasteiger charge is -2.27. The molecule has 2 aliphatic heterocycles. The number of carbonyl (C=O) groups is 1. The van der Waals surface area contributed by atoms with Crippen molar-refractivity contribution in [2.24, 2.45) is 0 Å². The number of fused-ring (bicyclic) bond motifs is 3. The number of hydrogen-bond donors (Lipinski definition) is 0. The number of pyridine rings is 1. The second kappa shape index (κ2) is 4.99. The van der Waals surface area contributed by atoms with Crippen molar-refractivity contribution in [3.63, 3.8) is 0 Å². The summed E-state index contributed by atoms with van der Waals surface area (Å²) in [6, 6.07) is 7.77. The molecule has 1 aromatic carbocycles. The van der Waals surface area contributed by atoms with Crippen LogP contribution in [0.15, 0.2) is 30.5 Å². The summed E-state index contributed by atoms with van der Waals surface area (Å²) in [5, 5.41) is 0.469. The summed E-state index contributed by atoms with van der Waals surface area (Å²) < 4.78 is 6.02. The first-order chi connectivity index (χ1) is 10.6. The van der Waals surface area contributed by atoms with E-state index >= 15 is 0 Å². The summed E-state index contributed by atoms with van der Waals surface area (Å²) in [7, 11) is 0. The fourth-order valence-electron chi connectivity index (χ4n) is 3.18. The van der Waals surface area contributed by atoms with Crippen LogP contribution >= 0.6 is 11.6 Å². The monoisotopic (exact) mass is 314 g/mol. The van der Waals surface area contributed by atoms with Crippen LogP contribution in [0, 0.1) is 0 Å². The first kappa shape index (κ1) is 13.6. The number of carbonyl (C=O) groups excluding carboxylic acids is 1. The lowest BCUT2D eigenvalue weighted by molar-refractivity contribution is -0.117. The van der Waals surface area contributed by atoms with E-state index in [1.165, 1.54) is 0 Å². The quantitative estimate of drug-likeness (QED) is 0.748. The highest BCUT2D eigenvalue weighted by Crippen LogP contribution is 2.44. The molecule has 1 amide bonds. The maximum Gasteiger partial charge on any atom is 0.227 e. The zero-order valence-electron chi connectivity index (χ0n) is 12.2. The first-order valence-electron chi connectivity index (χ1n) is 7.40. The van der Waals surface area contributed by atoms with Crippen molar-refractivity contribution in [1.82, 2.24) is 4.98 Å². The standard InChI is InChI=1S/C17H15ClN2O2/c1-10-13-8-16(18)19-9-14(13)12-5-4-11(7-15(12)22-10)20-6-2-3-17(20)21/h4-5,7-10H,2-3,6H2,1H3. The van der Waals surface area contributed by atoms with Crippen LogP contribution in [0.5, 0.6) is 5.75 Å². The van der Waals surface area contributed by atoms with Crippen molar-refractivity contribution in [2.45, 2.75) is 25.9 Å². The van der Waals surface area contributed by atoms with E-state index in [-0.39, 0.29) is 12.0 Å². The topological polar surface area (TPSA) is 42.4 Å². The third-order valence-electron chi connectivity index (χ3n) is 4.28. The summed E-state index contributed by atoms with van der Waals surface area (Å²) in [4.78, 5) is 17.9. The SMILES string of the molecule is CC1Oc2cc(N3CCCC3=O)ccc2-c2cnc(Cl)cc21. The van der Waals surface area contributed by atoms with Crippen molar-refractivity contribution in [3.8, 4) is 16.9 Å². The molecule has 112 valence electrons. The second-order valence-electron chi connectivity index (χ2n) is 5.68. The average molecular weight is 315 g/mol. The molecular weight excluding hydrogens is 300 g/mol. The van der Waals surface area contributed by atoms with Gasteiger partial charge in [-0.1, -0.05) is 11.6 Å². The molecule has 0 saturated carbocycles. The number of anilines is 1. The minimum absolute atomic E-state index is 0.0903. The van der Waals surface area contributed by atoms with Gasteiger partial charge < -0.3 is 9.64 Å². The first-order valence-corrected chi connectivity index (χ1v) is 7.78. The number of ether oxygens (including phenoxy) is 1. The molecule has 0 aliphatic carbocycles. The summed E-state index contributed by atoms with van der Waals surface area (Å²) in [5.74, 6) is 0.971. The molecule has 1 atom stereocenters. The van der Waals surface area contributed by atoms with Gasteiger partial charge in [0.05, 0.1) is 0 Å². The highest BCUT2D eigenvalue weighted by Gasteiger charge is 2.27. The lowest BCUT2D eigenvalue weighted by atomic mass is 9.95. The fraction of sp³-hybridized carbons (Fsp3) is 0.294. The molecule has 1 unspecified atom stereocenters. The summed E-state index contributed by atoms with van der Waals surface area (Å²) >= 11 is 5.99. The lowest BCUT2D eigenvalue weighted by Crippen LogP contribution is -2.23. The fourth-order valence-corrected chi connectivity index (χ4v) is 3.35. The maximum atomic E-state index is 11.9. The average Bonchev–Trinajstić information content (AvgIpc) is 2.93. The smallest absolute Gasteiger partial charge is 0.227 e. The van der Waals surface area contributed by atoms with Crippen LogP contribution in [0.4, 0.5) is 5.69 Å². The van der Waals surface area contributed by atoms with Gasteiger partial charge in [0.15, 0.2) is 0 Å². The van der Waals surface area contributed by atoms with E-state index in [9.17, 15) is 4.79 Å². The molecule has 4 nitrogen and oxygen atoms in total. The molecule has 0 bridgehead atoms. The van der Waals surface area contributed by atoms with Gasteiger partial charge in [0.1, 0.15) is 17.0 Å². The molecule has 0 spiro atoms. The van der Waals surface area contributed by atoms with E-state index in [0.717, 1.165) is 41.1 Å². The van der Waals surface area contributed by atoms with Crippen molar-refractivity contribution in [2.75, 3.05) is 11.4 Å². The number of aromatic nitrogens is 1. The van der Waals surface area contributed by atoms with Gasteiger partial charge in [0.2, 0.25) is 5.91 Å². The van der Waals surface area contributed by atoms with Gasteiger partial charge in [0.25, 0.3) is 0 Å². The van der Waals surface area contributed by atoms with Gasteiger partial charge in [-0.15, -0.1) is 0 Å². The molecule has 22 heavy (non-hydrogen) atoms. The minimum Gasteiger partial charge on any atom is -0.485 e. The molecule has 1 aromatic heterocycles. The van der Waals surface area contributed by atoms with Crippen LogP contribution in [0.25, 0.3) is 11.1 Å². The third-order valence-corrected chi connectivity index (χ3v) is 4.49. The molecule has 3 heterocycles. The highest BCUT2D eigenvalue weighted by molar-refractivity contribution is 6.29. The van der Waals surface area contributed by atoms with Gasteiger partial charge >= 0.3 is 0 Å². The molecule has 4 rings (SSSR count). The Bertz CT molecular complexity index is 775. The van der Waals surface area contributed by atoms with Gasteiger partial charge in [0, 0.05) is 47.6 Å². The zero-order valence-corrected chi connectivity index (χ0v) is 12.9. The number of amides is 1. The molecule has 1 fully saturated rings. The third kappa shape index (κ3) is 2.06. The number of hydrogen-bond acceptors (Lipinski definition) is 3. The van der Waals surface area contributed by atoms with E-state index in [2.05, 4.69) is 4.98 Å². The van der Waals surface area contributed by atoms with E-state index in [4.69, 9.17) is 16.3 Å². The Morgan fingerprint density at radius 3 is 2.95 bits per heavy atom. The Kier molecular flexibility index (Phi) is 3.08. The van der Waals surface area contributed by atoms with Gasteiger partial charge in [-0.3, -0.25) is 4.79 Å². The Morgan fingerprint density at radius 1 is 1.32 bits per heavy atom. The minimum atomic E-state index is -0.0903. The van der Waals surface area contributed by atoms with Crippen molar-refractivity contribution >= 4 is 23.2 Å². The molecular formula is C17H15ClN2O2. The predicted molar refractivity (Wildman–Crippen MR) is 85.3 cm³/mol. The van der Waals surface area contributed by atoms with E-state index in [1.54, 1.807) is 6.20 Å². The second-order valence-corrected chi connectivity index (χ2v) is 6.07. The molecule has 2 aromatic rings. The Balaban J connectivity index is 1.81. The largest absolute Gasteiger partial charge is 0.485 e. The number of benzene rings is 1. The van der Waals surface area contributed by atoms with E-state index in [1.807, 2.05) is 36.1 Å². The number of nitrogens with zero attached hydrogens (tertiary/aromatic N) is 2.